The second kappa shape index (κ2) is 6.32. The first-order valence-electron chi connectivity index (χ1n) is 6.86. The fourth-order valence-electron chi connectivity index (χ4n) is 2.57. The Morgan fingerprint density at radius 1 is 1.22 bits per heavy atom. The molecule has 0 aliphatic carbocycles. The number of benzene rings is 1. The Morgan fingerprint density at radius 3 is 2.39 bits per heavy atom. The molecule has 0 spiro atoms. The Morgan fingerprint density at radius 2 is 1.83 bits per heavy atom. The van der Waals surface area contributed by atoms with Crippen LogP contribution in [-0.4, -0.2) is 37.2 Å². The summed E-state index contributed by atoms with van der Waals surface area (Å²) in [4.78, 5) is 2.46. The van der Waals surface area contributed by atoms with Gasteiger partial charge in [0, 0.05) is 19.1 Å². The van der Waals surface area contributed by atoms with Crippen LogP contribution in [-0.2, 0) is 4.74 Å². The Hall–Kier alpha value is -0.900. The van der Waals surface area contributed by atoms with Crippen molar-refractivity contribution in [2.24, 2.45) is 5.73 Å². The van der Waals surface area contributed by atoms with Crippen molar-refractivity contribution in [2.45, 2.75) is 32.4 Å². The highest BCUT2D eigenvalue weighted by atomic mass is 16.5. The second-order valence-electron chi connectivity index (χ2n) is 5.08. The third kappa shape index (κ3) is 3.10. The highest BCUT2D eigenvalue weighted by Crippen LogP contribution is 2.26. The number of hydrogen-bond donors (Lipinski definition) is 1. The van der Waals surface area contributed by atoms with Gasteiger partial charge in [-0.15, -0.1) is 0 Å². The lowest BCUT2D eigenvalue weighted by molar-refractivity contribution is 0.0101. The van der Waals surface area contributed by atoms with E-state index in [0.29, 0.717) is 6.04 Å². The van der Waals surface area contributed by atoms with Gasteiger partial charge in [0.1, 0.15) is 0 Å². The van der Waals surface area contributed by atoms with Crippen molar-refractivity contribution in [3.05, 3.63) is 35.4 Å². The molecular weight excluding hydrogens is 224 g/mol. The Kier molecular flexibility index (Phi) is 4.75. The molecule has 3 heteroatoms. The molecule has 0 bridgehead atoms. The first kappa shape index (κ1) is 13.5. The number of hydrogen-bond acceptors (Lipinski definition) is 3. The van der Waals surface area contributed by atoms with Crippen molar-refractivity contribution in [1.29, 1.82) is 0 Å². The van der Waals surface area contributed by atoms with Gasteiger partial charge in [0.05, 0.1) is 19.3 Å². The Balaban J connectivity index is 2.20. The van der Waals surface area contributed by atoms with E-state index in [-0.39, 0.29) is 6.04 Å². The average Bonchev–Trinajstić information content (AvgIpc) is 2.42. The van der Waals surface area contributed by atoms with Gasteiger partial charge in [-0.3, -0.25) is 4.90 Å². The number of ether oxygens (including phenoxy) is 1. The van der Waals surface area contributed by atoms with E-state index in [4.69, 9.17) is 10.5 Å². The number of nitrogens with two attached hydrogens (primary N) is 1. The zero-order valence-corrected chi connectivity index (χ0v) is 11.4. The third-order valence-electron chi connectivity index (χ3n) is 3.73. The molecule has 1 aliphatic rings. The van der Waals surface area contributed by atoms with E-state index in [1.807, 2.05) is 0 Å². The maximum Gasteiger partial charge on any atom is 0.0594 e. The predicted octanol–water partition coefficient (Wildman–Crippen LogP) is 2.11. The first-order valence-corrected chi connectivity index (χ1v) is 6.86. The van der Waals surface area contributed by atoms with Crippen molar-refractivity contribution in [3.8, 4) is 0 Å². The summed E-state index contributed by atoms with van der Waals surface area (Å²) in [6.45, 7) is 7.87. The van der Waals surface area contributed by atoms with E-state index >= 15 is 0 Å². The van der Waals surface area contributed by atoms with Crippen LogP contribution >= 0.6 is 0 Å². The van der Waals surface area contributed by atoms with Crippen molar-refractivity contribution in [3.63, 3.8) is 0 Å². The normalized spacial score (nSPS) is 20.6. The minimum atomic E-state index is 0.186. The van der Waals surface area contributed by atoms with E-state index in [2.05, 4.69) is 43.0 Å². The van der Waals surface area contributed by atoms with Crippen LogP contribution in [0.1, 0.15) is 30.5 Å². The molecule has 0 radical (unpaired) electrons. The molecule has 2 unspecified atom stereocenters. The fraction of sp³-hybridized carbons (Fsp3) is 0.600. The van der Waals surface area contributed by atoms with E-state index in [0.717, 1.165) is 32.7 Å². The highest BCUT2D eigenvalue weighted by molar-refractivity contribution is 5.25. The summed E-state index contributed by atoms with van der Waals surface area (Å²) >= 11 is 0. The summed E-state index contributed by atoms with van der Waals surface area (Å²) in [5.41, 5.74) is 8.96. The van der Waals surface area contributed by atoms with Crippen molar-refractivity contribution in [2.75, 3.05) is 26.3 Å². The number of aryl methyl sites for hydroxylation is 1. The molecule has 0 aromatic heterocycles. The molecule has 3 nitrogen and oxygen atoms in total. The van der Waals surface area contributed by atoms with Crippen LogP contribution in [0.2, 0.25) is 0 Å². The van der Waals surface area contributed by atoms with Crippen molar-refractivity contribution >= 4 is 0 Å². The van der Waals surface area contributed by atoms with Gasteiger partial charge in [-0.25, -0.2) is 0 Å². The molecule has 18 heavy (non-hydrogen) atoms. The van der Waals surface area contributed by atoms with E-state index in [1.54, 1.807) is 0 Å². The maximum absolute atomic E-state index is 6.34. The van der Waals surface area contributed by atoms with Crippen LogP contribution in [0.25, 0.3) is 0 Å². The molecule has 100 valence electrons. The molecular formula is C15H24N2O. The van der Waals surface area contributed by atoms with Gasteiger partial charge in [-0.05, 0) is 18.9 Å². The monoisotopic (exact) mass is 248 g/mol. The predicted molar refractivity (Wildman–Crippen MR) is 74.6 cm³/mol. The van der Waals surface area contributed by atoms with Gasteiger partial charge in [0.2, 0.25) is 0 Å². The summed E-state index contributed by atoms with van der Waals surface area (Å²) in [5.74, 6) is 0. The lowest BCUT2D eigenvalue weighted by Gasteiger charge is -2.37. The second-order valence-corrected chi connectivity index (χ2v) is 5.08. The summed E-state index contributed by atoms with van der Waals surface area (Å²) in [6.07, 6.45) is 0.996. The molecule has 1 heterocycles. The van der Waals surface area contributed by atoms with Crippen molar-refractivity contribution in [1.82, 2.24) is 4.90 Å². The summed E-state index contributed by atoms with van der Waals surface area (Å²) in [5, 5.41) is 0. The van der Waals surface area contributed by atoms with Crippen LogP contribution in [0.4, 0.5) is 0 Å². The molecule has 0 saturated carbocycles. The molecule has 1 aromatic carbocycles. The van der Waals surface area contributed by atoms with Gasteiger partial charge < -0.3 is 10.5 Å². The van der Waals surface area contributed by atoms with Gasteiger partial charge in [-0.2, -0.15) is 0 Å². The highest BCUT2D eigenvalue weighted by Gasteiger charge is 2.26. The molecule has 0 amide bonds. The molecule has 1 aromatic rings. The molecule has 2 atom stereocenters. The SMILES string of the molecule is CCC(N)C(c1ccc(C)cc1)N1CCOCC1. The Labute approximate surface area is 110 Å². The number of morpholine rings is 1. The zero-order chi connectivity index (χ0) is 13.0. The largest absolute Gasteiger partial charge is 0.379 e. The quantitative estimate of drug-likeness (QED) is 0.887. The fourth-order valence-corrected chi connectivity index (χ4v) is 2.57. The van der Waals surface area contributed by atoms with Gasteiger partial charge in [0.25, 0.3) is 0 Å². The Bertz CT molecular complexity index is 357. The van der Waals surface area contributed by atoms with Crippen LogP contribution < -0.4 is 5.73 Å². The van der Waals surface area contributed by atoms with Gasteiger partial charge in [0.15, 0.2) is 0 Å². The number of nitrogens with zero attached hydrogens (tertiary/aromatic N) is 1. The van der Waals surface area contributed by atoms with Crippen LogP contribution in [0.5, 0.6) is 0 Å². The smallest absolute Gasteiger partial charge is 0.0594 e. The average molecular weight is 248 g/mol. The molecule has 2 N–H and O–H groups in total. The minimum absolute atomic E-state index is 0.186. The van der Waals surface area contributed by atoms with Crippen LogP contribution in [0.15, 0.2) is 24.3 Å². The standard InChI is InChI=1S/C15H24N2O/c1-3-14(16)15(17-8-10-18-11-9-17)13-6-4-12(2)5-7-13/h4-7,14-15H,3,8-11,16H2,1-2H3. The number of rotatable bonds is 4. The summed E-state index contributed by atoms with van der Waals surface area (Å²) < 4.78 is 5.44. The van der Waals surface area contributed by atoms with E-state index < -0.39 is 0 Å². The first-order chi connectivity index (χ1) is 8.72. The van der Waals surface area contributed by atoms with Crippen molar-refractivity contribution < 1.29 is 4.74 Å². The van der Waals surface area contributed by atoms with Crippen LogP contribution in [0, 0.1) is 6.92 Å². The van der Waals surface area contributed by atoms with Gasteiger partial charge in [-0.1, -0.05) is 36.8 Å². The minimum Gasteiger partial charge on any atom is -0.379 e. The maximum atomic E-state index is 6.34. The van der Waals surface area contributed by atoms with E-state index in [9.17, 15) is 0 Å². The topological polar surface area (TPSA) is 38.5 Å². The van der Waals surface area contributed by atoms with Crippen LogP contribution in [0.3, 0.4) is 0 Å². The molecule has 1 saturated heterocycles. The summed E-state index contributed by atoms with van der Waals surface area (Å²) in [6, 6.07) is 9.28. The lowest BCUT2D eigenvalue weighted by Crippen LogP contribution is -2.46. The molecule has 2 rings (SSSR count). The molecule has 1 aliphatic heterocycles. The lowest BCUT2D eigenvalue weighted by atomic mass is 9.95. The zero-order valence-electron chi connectivity index (χ0n) is 11.4. The molecule has 1 fully saturated rings. The third-order valence-corrected chi connectivity index (χ3v) is 3.73. The van der Waals surface area contributed by atoms with Gasteiger partial charge >= 0.3 is 0 Å². The summed E-state index contributed by atoms with van der Waals surface area (Å²) in [7, 11) is 0. The van der Waals surface area contributed by atoms with E-state index in [1.165, 1.54) is 11.1 Å².